The number of hydrogen-bond donors (Lipinski definition) is 2. The number of carbonyl (C=O) groups excluding carboxylic acids is 2. The summed E-state index contributed by atoms with van der Waals surface area (Å²) >= 11 is 0. The first kappa shape index (κ1) is 22.9. The zero-order valence-electron chi connectivity index (χ0n) is 18.3. The summed E-state index contributed by atoms with van der Waals surface area (Å²) in [5.74, 6) is 0.912. The molecule has 2 aromatic carbocycles. The summed E-state index contributed by atoms with van der Waals surface area (Å²) in [5, 5.41) is 5.48. The molecule has 1 heterocycles. The van der Waals surface area contributed by atoms with Crippen LogP contribution in [0.4, 0.5) is 10.2 Å². The third kappa shape index (κ3) is 6.63. The first-order valence-corrected chi connectivity index (χ1v) is 10.4. The molecule has 1 aromatic heterocycles. The van der Waals surface area contributed by atoms with Crippen molar-refractivity contribution in [2.24, 2.45) is 5.92 Å². The molecule has 0 aliphatic carbocycles. The Hall–Kier alpha value is -3.74. The van der Waals surface area contributed by atoms with Gasteiger partial charge in [-0.2, -0.15) is 0 Å². The molecule has 2 N–H and O–H groups in total. The minimum Gasteiger partial charge on any atom is -0.457 e. The molecule has 3 rings (SSSR count). The van der Waals surface area contributed by atoms with Crippen LogP contribution in [0.5, 0.6) is 11.5 Å². The maximum atomic E-state index is 13.0. The lowest BCUT2D eigenvalue weighted by atomic mass is 10.0. The number of ether oxygens (including phenoxy) is 1. The summed E-state index contributed by atoms with van der Waals surface area (Å²) in [6.45, 7) is 5.37. The lowest BCUT2D eigenvalue weighted by Crippen LogP contribution is -2.43. The van der Waals surface area contributed by atoms with Gasteiger partial charge in [0.1, 0.15) is 29.2 Å². The highest BCUT2D eigenvalue weighted by atomic mass is 19.1. The van der Waals surface area contributed by atoms with E-state index in [0.717, 1.165) is 5.56 Å². The van der Waals surface area contributed by atoms with E-state index in [1.54, 1.807) is 36.4 Å². The first-order chi connectivity index (χ1) is 15.3. The number of halogens is 1. The molecule has 32 heavy (non-hydrogen) atoms. The van der Waals surface area contributed by atoms with Gasteiger partial charge in [0.25, 0.3) is 0 Å². The minimum absolute atomic E-state index is 0.243. The van der Waals surface area contributed by atoms with Crippen LogP contribution in [0.3, 0.4) is 0 Å². The van der Waals surface area contributed by atoms with E-state index in [2.05, 4.69) is 15.6 Å². The maximum absolute atomic E-state index is 13.0. The van der Waals surface area contributed by atoms with E-state index in [1.165, 1.54) is 19.1 Å². The summed E-state index contributed by atoms with van der Waals surface area (Å²) < 4.78 is 18.7. The van der Waals surface area contributed by atoms with Gasteiger partial charge >= 0.3 is 0 Å². The second-order valence-electron chi connectivity index (χ2n) is 7.86. The minimum atomic E-state index is -0.624. The molecule has 0 aliphatic rings. The Morgan fingerprint density at radius 3 is 2.19 bits per heavy atom. The van der Waals surface area contributed by atoms with Crippen LogP contribution < -0.4 is 15.4 Å². The standard InChI is InChI=1S/C25H26FN3O3/c1-16(2)15-23(27-17(3)30)25(31)29-24-6-4-5-22(28-24)18-7-11-20(12-8-18)32-21-13-9-19(26)10-14-21/h4-14,16,23H,15H2,1-3H3,(H,27,30)(H,28,29,31)/t23-/m0/s1. The topological polar surface area (TPSA) is 80.3 Å². The normalized spacial score (nSPS) is 11.7. The number of aromatic nitrogens is 1. The van der Waals surface area contributed by atoms with Crippen LogP contribution in [0, 0.1) is 11.7 Å². The number of amides is 2. The Kier molecular flexibility index (Phi) is 7.54. The van der Waals surface area contributed by atoms with Crippen LogP contribution in [0.2, 0.25) is 0 Å². The lowest BCUT2D eigenvalue weighted by Gasteiger charge is -2.19. The number of benzene rings is 2. The quantitative estimate of drug-likeness (QED) is 0.512. The van der Waals surface area contributed by atoms with Crippen molar-refractivity contribution in [3.05, 3.63) is 72.5 Å². The molecule has 0 saturated heterocycles. The molecule has 3 aromatic rings. The van der Waals surface area contributed by atoms with Gasteiger partial charge in [-0.25, -0.2) is 9.37 Å². The second-order valence-corrected chi connectivity index (χ2v) is 7.86. The summed E-state index contributed by atoms with van der Waals surface area (Å²) in [6.07, 6.45) is 0.528. The third-order valence-electron chi connectivity index (χ3n) is 4.60. The molecular weight excluding hydrogens is 409 g/mol. The fourth-order valence-electron chi connectivity index (χ4n) is 3.16. The number of nitrogens with one attached hydrogen (secondary N) is 2. The largest absolute Gasteiger partial charge is 0.457 e. The van der Waals surface area contributed by atoms with Gasteiger partial charge in [-0.15, -0.1) is 0 Å². The predicted molar refractivity (Wildman–Crippen MR) is 122 cm³/mol. The van der Waals surface area contributed by atoms with E-state index >= 15 is 0 Å². The highest BCUT2D eigenvalue weighted by Gasteiger charge is 2.21. The molecule has 6 nitrogen and oxygen atoms in total. The van der Waals surface area contributed by atoms with E-state index in [4.69, 9.17) is 4.74 Å². The van der Waals surface area contributed by atoms with Gasteiger partial charge in [-0.1, -0.05) is 19.9 Å². The summed E-state index contributed by atoms with van der Waals surface area (Å²) in [6, 6.07) is 17.8. The van der Waals surface area contributed by atoms with Crippen LogP contribution in [0.1, 0.15) is 27.2 Å². The molecule has 166 valence electrons. The molecule has 0 saturated carbocycles. The average Bonchev–Trinajstić information content (AvgIpc) is 2.75. The summed E-state index contributed by atoms with van der Waals surface area (Å²) in [7, 11) is 0. The van der Waals surface area contributed by atoms with Crippen LogP contribution in [-0.4, -0.2) is 22.8 Å². The van der Waals surface area contributed by atoms with E-state index in [0.29, 0.717) is 29.4 Å². The fourth-order valence-corrected chi connectivity index (χ4v) is 3.16. The van der Waals surface area contributed by atoms with Gasteiger partial charge in [0.05, 0.1) is 5.69 Å². The van der Waals surface area contributed by atoms with Gasteiger partial charge in [0, 0.05) is 12.5 Å². The van der Waals surface area contributed by atoms with Crippen molar-refractivity contribution in [3.8, 4) is 22.8 Å². The number of anilines is 1. The number of nitrogens with zero attached hydrogens (tertiary/aromatic N) is 1. The van der Waals surface area contributed by atoms with Crippen molar-refractivity contribution >= 4 is 17.6 Å². The molecule has 0 unspecified atom stereocenters. The smallest absolute Gasteiger partial charge is 0.248 e. The zero-order chi connectivity index (χ0) is 23.1. The highest BCUT2D eigenvalue weighted by Crippen LogP contribution is 2.26. The molecule has 1 atom stereocenters. The molecule has 0 radical (unpaired) electrons. The van der Waals surface area contributed by atoms with Gasteiger partial charge in [0.15, 0.2) is 0 Å². The van der Waals surface area contributed by atoms with Crippen LogP contribution in [-0.2, 0) is 9.59 Å². The van der Waals surface area contributed by atoms with Crippen molar-refractivity contribution in [1.82, 2.24) is 10.3 Å². The molecular formula is C25H26FN3O3. The predicted octanol–water partition coefficient (Wildman–Crippen LogP) is 5.17. The Morgan fingerprint density at radius 2 is 1.59 bits per heavy atom. The molecule has 0 fully saturated rings. The zero-order valence-corrected chi connectivity index (χ0v) is 18.3. The Labute approximate surface area is 186 Å². The van der Waals surface area contributed by atoms with Crippen molar-refractivity contribution in [2.45, 2.75) is 33.2 Å². The SMILES string of the molecule is CC(=O)N[C@@H](CC(C)C)C(=O)Nc1cccc(-c2ccc(Oc3ccc(F)cc3)cc2)n1. The lowest BCUT2D eigenvalue weighted by molar-refractivity contribution is -0.125. The number of hydrogen-bond acceptors (Lipinski definition) is 4. The average molecular weight is 435 g/mol. The molecule has 2 amide bonds. The van der Waals surface area contributed by atoms with Gasteiger partial charge < -0.3 is 15.4 Å². The van der Waals surface area contributed by atoms with E-state index in [9.17, 15) is 14.0 Å². The van der Waals surface area contributed by atoms with Crippen molar-refractivity contribution in [1.29, 1.82) is 0 Å². The van der Waals surface area contributed by atoms with Gasteiger partial charge in [-0.3, -0.25) is 9.59 Å². The molecule has 0 aliphatic heterocycles. The van der Waals surface area contributed by atoms with E-state index < -0.39 is 6.04 Å². The number of rotatable bonds is 8. The Balaban J connectivity index is 1.70. The van der Waals surface area contributed by atoms with E-state index in [-0.39, 0.29) is 23.5 Å². The monoisotopic (exact) mass is 435 g/mol. The van der Waals surface area contributed by atoms with Gasteiger partial charge in [-0.05, 0) is 73.0 Å². The molecule has 0 spiro atoms. The first-order valence-electron chi connectivity index (χ1n) is 10.4. The van der Waals surface area contributed by atoms with E-state index in [1.807, 2.05) is 32.0 Å². The van der Waals surface area contributed by atoms with Crippen molar-refractivity contribution < 1.29 is 18.7 Å². The Morgan fingerprint density at radius 1 is 0.969 bits per heavy atom. The van der Waals surface area contributed by atoms with Crippen LogP contribution >= 0.6 is 0 Å². The number of carbonyl (C=O) groups is 2. The second kappa shape index (κ2) is 10.5. The van der Waals surface area contributed by atoms with Gasteiger partial charge in [0.2, 0.25) is 11.8 Å². The maximum Gasteiger partial charge on any atom is 0.248 e. The summed E-state index contributed by atoms with van der Waals surface area (Å²) in [5.41, 5.74) is 1.52. The summed E-state index contributed by atoms with van der Waals surface area (Å²) in [4.78, 5) is 28.6. The Bertz CT molecular complexity index is 1070. The van der Waals surface area contributed by atoms with Crippen LogP contribution in [0.25, 0.3) is 11.3 Å². The highest BCUT2D eigenvalue weighted by molar-refractivity contribution is 5.96. The third-order valence-corrected chi connectivity index (χ3v) is 4.60. The molecule has 7 heteroatoms. The number of pyridine rings is 1. The molecule has 0 bridgehead atoms. The van der Waals surface area contributed by atoms with Crippen molar-refractivity contribution in [2.75, 3.05) is 5.32 Å². The van der Waals surface area contributed by atoms with Crippen LogP contribution in [0.15, 0.2) is 66.7 Å². The fraction of sp³-hybridized carbons (Fsp3) is 0.240. The van der Waals surface area contributed by atoms with Crippen molar-refractivity contribution in [3.63, 3.8) is 0 Å².